The van der Waals surface area contributed by atoms with Crippen LogP contribution < -0.4 is 20.7 Å². The van der Waals surface area contributed by atoms with Gasteiger partial charge in [0.15, 0.2) is 11.5 Å². The standard InChI is InChI=1S/C17H17N3O4/c1-23-13-6-5-11(10-14(13)24-2)7-9-20-16(21)12-4-3-8-18-15(12)19-17(20)22/h3-6,8,10H,7,9H2,1-2H3,(H,18,19,22). The minimum Gasteiger partial charge on any atom is -0.493 e. The molecule has 3 rings (SSSR count). The van der Waals surface area contributed by atoms with Gasteiger partial charge in [-0.25, -0.2) is 9.78 Å². The van der Waals surface area contributed by atoms with Crippen LogP contribution in [0.1, 0.15) is 5.56 Å². The zero-order valence-corrected chi connectivity index (χ0v) is 13.4. The predicted octanol–water partition coefficient (Wildman–Crippen LogP) is 1.34. The van der Waals surface area contributed by atoms with Crippen LogP contribution >= 0.6 is 0 Å². The number of rotatable bonds is 5. The molecule has 124 valence electrons. The van der Waals surface area contributed by atoms with Gasteiger partial charge >= 0.3 is 5.69 Å². The summed E-state index contributed by atoms with van der Waals surface area (Å²) < 4.78 is 11.6. The lowest BCUT2D eigenvalue weighted by atomic mass is 10.1. The van der Waals surface area contributed by atoms with Gasteiger partial charge in [-0.1, -0.05) is 6.07 Å². The number of ether oxygens (including phenoxy) is 2. The summed E-state index contributed by atoms with van der Waals surface area (Å²) in [6, 6.07) is 8.82. The minimum atomic E-state index is -0.466. The molecule has 0 aliphatic heterocycles. The summed E-state index contributed by atoms with van der Waals surface area (Å²) in [5, 5.41) is 0.393. The van der Waals surface area contributed by atoms with E-state index in [0.717, 1.165) is 5.56 Å². The van der Waals surface area contributed by atoms with Gasteiger partial charge in [0.25, 0.3) is 5.56 Å². The zero-order valence-electron chi connectivity index (χ0n) is 13.4. The lowest BCUT2D eigenvalue weighted by Gasteiger charge is -2.10. The number of H-pyrrole nitrogens is 1. The van der Waals surface area contributed by atoms with E-state index in [4.69, 9.17) is 9.47 Å². The highest BCUT2D eigenvalue weighted by atomic mass is 16.5. The molecule has 2 heterocycles. The molecule has 1 N–H and O–H groups in total. The Hall–Kier alpha value is -3.09. The van der Waals surface area contributed by atoms with Gasteiger partial charge in [0.2, 0.25) is 0 Å². The average molecular weight is 327 g/mol. The zero-order chi connectivity index (χ0) is 17.1. The number of aromatic amines is 1. The molecular formula is C17H17N3O4. The first-order valence-corrected chi connectivity index (χ1v) is 7.43. The topological polar surface area (TPSA) is 86.2 Å². The van der Waals surface area contributed by atoms with E-state index < -0.39 is 5.69 Å². The molecule has 0 saturated carbocycles. The molecule has 0 atom stereocenters. The van der Waals surface area contributed by atoms with Gasteiger partial charge < -0.3 is 9.47 Å². The fraction of sp³-hybridized carbons (Fsp3) is 0.235. The summed E-state index contributed by atoms with van der Waals surface area (Å²) in [5.41, 5.74) is 0.425. The Kier molecular flexibility index (Phi) is 4.33. The summed E-state index contributed by atoms with van der Waals surface area (Å²) in [5.74, 6) is 1.24. The molecule has 0 amide bonds. The van der Waals surface area contributed by atoms with E-state index in [1.54, 1.807) is 32.4 Å². The molecule has 7 heteroatoms. The highest BCUT2D eigenvalue weighted by molar-refractivity contribution is 5.72. The monoisotopic (exact) mass is 327 g/mol. The highest BCUT2D eigenvalue weighted by Crippen LogP contribution is 2.27. The fourth-order valence-electron chi connectivity index (χ4n) is 2.56. The van der Waals surface area contributed by atoms with Crippen LogP contribution in [0.25, 0.3) is 11.0 Å². The van der Waals surface area contributed by atoms with Crippen molar-refractivity contribution in [1.82, 2.24) is 14.5 Å². The number of fused-ring (bicyclic) bond motifs is 1. The van der Waals surface area contributed by atoms with E-state index in [-0.39, 0.29) is 12.1 Å². The third-order valence-corrected chi connectivity index (χ3v) is 3.83. The molecular weight excluding hydrogens is 310 g/mol. The number of pyridine rings is 1. The van der Waals surface area contributed by atoms with Gasteiger partial charge in [0, 0.05) is 12.7 Å². The second kappa shape index (κ2) is 6.57. The van der Waals surface area contributed by atoms with E-state index >= 15 is 0 Å². The fourth-order valence-corrected chi connectivity index (χ4v) is 2.56. The Morgan fingerprint density at radius 2 is 1.92 bits per heavy atom. The van der Waals surface area contributed by atoms with Gasteiger partial charge in [0.1, 0.15) is 5.65 Å². The number of aromatic nitrogens is 3. The number of benzene rings is 1. The van der Waals surface area contributed by atoms with E-state index in [9.17, 15) is 9.59 Å². The minimum absolute atomic E-state index is 0.258. The van der Waals surface area contributed by atoms with Gasteiger partial charge in [-0.05, 0) is 36.2 Å². The summed E-state index contributed by atoms with van der Waals surface area (Å²) in [4.78, 5) is 31.2. The number of nitrogens with zero attached hydrogens (tertiary/aromatic N) is 2. The maximum Gasteiger partial charge on any atom is 0.330 e. The second-order valence-electron chi connectivity index (χ2n) is 5.23. The first-order chi connectivity index (χ1) is 11.6. The summed E-state index contributed by atoms with van der Waals surface area (Å²) in [6.07, 6.45) is 2.04. The molecule has 0 fully saturated rings. The van der Waals surface area contributed by atoms with E-state index in [2.05, 4.69) is 9.97 Å². The third-order valence-electron chi connectivity index (χ3n) is 3.83. The summed E-state index contributed by atoms with van der Waals surface area (Å²) in [7, 11) is 3.13. The van der Waals surface area contributed by atoms with Crippen molar-refractivity contribution in [1.29, 1.82) is 0 Å². The maximum atomic E-state index is 12.5. The van der Waals surface area contributed by atoms with Crippen molar-refractivity contribution in [2.24, 2.45) is 0 Å². The Morgan fingerprint density at radius 1 is 1.12 bits per heavy atom. The number of hydrogen-bond donors (Lipinski definition) is 1. The Balaban J connectivity index is 1.91. The molecule has 0 spiro atoms. The van der Waals surface area contributed by atoms with Crippen molar-refractivity contribution in [2.45, 2.75) is 13.0 Å². The maximum absolute atomic E-state index is 12.5. The lowest BCUT2D eigenvalue weighted by Crippen LogP contribution is -2.35. The van der Waals surface area contributed by atoms with Gasteiger partial charge in [0.05, 0.1) is 19.6 Å². The van der Waals surface area contributed by atoms with Crippen LogP contribution in [0.3, 0.4) is 0 Å². The first-order valence-electron chi connectivity index (χ1n) is 7.43. The van der Waals surface area contributed by atoms with Crippen molar-refractivity contribution in [3.8, 4) is 11.5 Å². The molecule has 0 unspecified atom stereocenters. The molecule has 0 aliphatic rings. The normalized spacial score (nSPS) is 10.8. The van der Waals surface area contributed by atoms with Crippen molar-refractivity contribution >= 4 is 11.0 Å². The van der Waals surface area contributed by atoms with Gasteiger partial charge in [-0.15, -0.1) is 0 Å². The molecule has 24 heavy (non-hydrogen) atoms. The average Bonchev–Trinajstić information content (AvgIpc) is 2.61. The van der Waals surface area contributed by atoms with Crippen molar-refractivity contribution < 1.29 is 9.47 Å². The molecule has 0 aliphatic carbocycles. The smallest absolute Gasteiger partial charge is 0.330 e. The van der Waals surface area contributed by atoms with Crippen LogP contribution in [0, 0.1) is 0 Å². The second-order valence-corrected chi connectivity index (χ2v) is 5.23. The van der Waals surface area contributed by atoms with E-state index in [1.807, 2.05) is 12.1 Å². The quantitative estimate of drug-likeness (QED) is 0.764. The predicted molar refractivity (Wildman–Crippen MR) is 89.9 cm³/mol. The Morgan fingerprint density at radius 3 is 2.67 bits per heavy atom. The van der Waals surface area contributed by atoms with Gasteiger partial charge in [-0.2, -0.15) is 0 Å². The molecule has 0 saturated heterocycles. The molecule has 2 aromatic heterocycles. The third kappa shape index (κ3) is 2.88. The number of hydrogen-bond acceptors (Lipinski definition) is 5. The largest absolute Gasteiger partial charge is 0.493 e. The van der Waals surface area contributed by atoms with Crippen LogP contribution in [-0.4, -0.2) is 28.8 Å². The Labute approximate surface area is 137 Å². The van der Waals surface area contributed by atoms with Crippen molar-refractivity contribution in [3.63, 3.8) is 0 Å². The van der Waals surface area contributed by atoms with Crippen molar-refractivity contribution in [3.05, 3.63) is 62.9 Å². The number of aryl methyl sites for hydroxylation is 1. The molecule has 0 radical (unpaired) electrons. The summed E-state index contributed by atoms with van der Waals surface area (Å²) >= 11 is 0. The van der Waals surface area contributed by atoms with Crippen LogP contribution in [0.15, 0.2) is 46.1 Å². The highest BCUT2D eigenvalue weighted by Gasteiger charge is 2.09. The molecule has 7 nitrogen and oxygen atoms in total. The van der Waals surface area contributed by atoms with Crippen LogP contribution in [0.2, 0.25) is 0 Å². The first kappa shape index (κ1) is 15.8. The van der Waals surface area contributed by atoms with E-state index in [1.165, 1.54) is 10.8 Å². The van der Waals surface area contributed by atoms with Crippen molar-refractivity contribution in [2.75, 3.05) is 14.2 Å². The molecule has 0 bridgehead atoms. The lowest BCUT2D eigenvalue weighted by molar-refractivity contribution is 0.354. The number of nitrogens with one attached hydrogen (secondary N) is 1. The van der Waals surface area contributed by atoms with E-state index in [0.29, 0.717) is 29.0 Å². The van der Waals surface area contributed by atoms with Crippen LogP contribution in [0.5, 0.6) is 11.5 Å². The van der Waals surface area contributed by atoms with Gasteiger partial charge in [-0.3, -0.25) is 14.3 Å². The summed E-state index contributed by atoms with van der Waals surface area (Å²) in [6.45, 7) is 0.258. The van der Waals surface area contributed by atoms with Crippen LogP contribution in [-0.2, 0) is 13.0 Å². The molecule has 1 aromatic carbocycles. The Bertz CT molecular complexity index is 991. The number of methoxy groups -OCH3 is 2. The van der Waals surface area contributed by atoms with Crippen LogP contribution in [0.4, 0.5) is 0 Å². The molecule has 3 aromatic rings. The SMILES string of the molecule is COc1ccc(CCn2c(=O)[nH]c3ncccc3c2=O)cc1OC.